The van der Waals surface area contributed by atoms with E-state index in [0.29, 0.717) is 17.7 Å². The summed E-state index contributed by atoms with van der Waals surface area (Å²) in [5.74, 6) is 1.93. The number of aromatic amines is 1. The first kappa shape index (κ1) is 17.9. The molecule has 8 heteroatoms. The van der Waals surface area contributed by atoms with E-state index in [-0.39, 0.29) is 5.69 Å². The van der Waals surface area contributed by atoms with Crippen LogP contribution in [0.1, 0.15) is 24.1 Å². The lowest BCUT2D eigenvalue weighted by atomic mass is 10.0. The van der Waals surface area contributed by atoms with E-state index in [2.05, 4.69) is 49.0 Å². The van der Waals surface area contributed by atoms with Crippen LogP contribution in [-0.2, 0) is 6.42 Å². The Morgan fingerprint density at radius 3 is 2.89 bits per heavy atom. The molecule has 1 aliphatic heterocycles. The van der Waals surface area contributed by atoms with E-state index < -0.39 is 0 Å². The van der Waals surface area contributed by atoms with Crippen molar-refractivity contribution in [2.75, 3.05) is 19.0 Å². The summed E-state index contributed by atoms with van der Waals surface area (Å²) in [4.78, 5) is 8.13. The number of ether oxygens (including phenoxy) is 1. The molecule has 0 saturated carbocycles. The maximum atomic E-state index is 8.79. The van der Waals surface area contributed by atoms with Gasteiger partial charge in [-0.3, -0.25) is 5.10 Å². The zero-order valence-electron chi connectivity index (χ0n) is 15.6. The lowest BCUT2D eigenvalue weighted by Crippen LogP contribution is -2.23. The predicted octanol–water partition coefficient (Wildman–Crippen LogP) is 2.79. The highest BCUT2D eigenvalue weighted by Crippen LogP contribution is 2.31. The molecule has 1 unspecified atom stereocenters. The minimum Gasteiger partial charge on any atom is -0.496 e. The quantitative estimate of drug-likeness (QED) is 0.607. The summed E-state index contributed by atoms with van der Waals surface area (Å²) in [5, 5.41) is 22.7. The number of nitrogens with one attached hydrogen (secondary N) is 3. The molecule has 3 N–H and O–H groups in total. The second kappa shape index (κ2) is 8.06. The molecule has 0 spiro atoms. The number of H-pyrrole nitrogens is 1. The van der Waals surface area contributed by atoms with Crippen LogP contribution in [0.15, 0.2) is 36.7 Å². The number of methoxy groups -OCH3 is 1. The summed E-state index contributed by atoms with van der Waals surface area (Å²) < 4.78 is 5.62. The van der Waals surface area contributed by atoms with Crippen molar-refractivity contribution in [2.45, 2.75) is 25.3 Å². The third-order valence-corrected chi connectivity index (χ3v) is 4.80. The Morgan fingerprint density at radius 2 is 2.18 bits per heavy atom. The standard InChI is InChI=1S/C20H21N7O/c1-28-18-8-13(7-14-3-2-6-22-14)4-5-16(18)17-9-19(27-26-17)25-20-12-23-15(10-21)11-24-20/h4-5,8-9,11-12,14,22H,2-3,6-7H2,1H3,(H2,24,25,26,27). The van der Waals surface area contributed by atoms with Gasteiger partial charge in [-0.1, -0.05) is 6.07 Å². The van der Waals surface area contributed by atoms with Gasteiger partial charge >= 0.3 is 0 Å². The number of nitrogens with zero attached hydrogens (tertiary/aromatic N) is 4. The van der Waals surface area contributed by atoms with Gasteiger partial charge in [0.2, 0.25) is 0 Å². The molecule has 1 saturated heterocycles. The highest BCUT2D eigenvalue weighted by Gasteiger charge is 2.16. The zero-order chi connectivity index (χ0) is 19.3. The van der Waals surface area contributed by atoms with Gasteiger partial charge in [-0.05, 0) is 43.5 Å². The molecule has 8 nitrogen and oxygen atoms in total. The van der Waals surface area contributed by atoms with E-state index in [9.17, 15) is 0 Å². The Morgan fingerprint density at radius 1 is 1.25 bits per heavy atom. The van der Waals surface area contributed by atoms with Gasteiger partial charge in [0, 0.05) is 17.7 Å². The molecule has 3 aromatic rings. The van der Waals surface area contributed by atoms with Crippen LogP contribution < -0.4 is 15.4 Å². The lowest BCUT2D eigenvalue weighted by Gasteiger charge is -2.13. The van der Waals surface area contributed by atoms with Crippen molar-refractivity contribution < 1.29 is 4.74 Å². The highest BCUT2D eigenvalue weighted by molar-refractivity contribution is 5.71. The van der Waals surface area contributed by atoms with Gasteiger partial charge in [0.15, 0.2) is 11.5 Å². The van der Waals surface area contributed by atoms with Crippen LogP contribution in [0.4, 0.5) is 11.6 Å². The Labute approximate surface area is 163 Å². The number of anilines is 2. The molecule has 1 atom stereocenters. The molecule has 3 heterocycles. The van der Waals surface area contributed by atoms with Gasteiger partial charge in [-0.15, -0.1) is 0 Å². The summed E-state index contributed by atoms with van der Waals surface area (Å²) >= 11 is 0. The summed E-state index contributed by atoms with van der Waals surface area (Å²) in [6.07, 6.45) is 6.38. The Kier molecular flexibility index (Phi) is 5.17. The highest BCUT2D eigenvalue weighted by atomic mass is 16.5. The van der Waals surface area contributed by atoms with Crippen LogP contribution in [0.25, 0.3) is 11.3 Å². The smallest absolute Gasteiger partial charge is 0.158 e. The number of hydrogen-bond donors (Lipinski definition) is 3. The van der Waals surface area contributed by atoms with Crippen molar-refractivity contribution in [3.8, 4) is 23.1 Å². The minimum absolute atomic E-state index is 0.269. The second-order valence-corrected chi connectivity index (χ2v) is 6.72. The average Bonchev–Trinajstić information content (AvgIpc) is 3.41. The topological polar surface area (TPSA) is 112 Å². The Balaban J connectivity index is 1.51. The van der Waals surface area contributed by atoms with Gasteiger partial charge in [-0.25, -0.2) is 9.97 Å². The molecular weight excluding hydrogens is 354 g/mol. The summed E-state index contributed by atoms with van der Waals surface area (Å²) in [5.41, 5.74) is 3.31. The van der Waals surface area contributed by atoms with E-state index in [1.54, 1.807) is 7.11 Å². The first-order valence-corrected chi connectivity index (χ1v) is 9.20. The molecule has 28 heavy (non-hydrogen) atoms. The molecule has 0 radical (unpaired) electrons. The number of rotatable bonds is 6. The van der Waals surface area contributed by atoms with Gasteiger partial charge < -0.3 is 15.4 Å². The van der Waals surface area contributed by atoms with Crippen molar-refractivity contribution >= 4 is 11.6 Å². The number of nitriles is 1. The summed E-state index contributed by atoms with van der Waals surface area (Å²) in [6.45, 7) is 1.10. The van der Waals surface area contributed by atoms with Crippen LogP contribution in [0.3, 0.4) is 0 Å². The van der Waals surface area contributed by atoms with Crippen molar-refractivity contribution in [2.24, 2.45) is 0 Å². The molecule has 1 fully saturated rings. The largest absolute Gasteiger partial charge is 0.496 e. The maximum absolute atomic E-state index is 8.79. The Bertz CT molecular complexity index is 985. The molecule has 4 rings (SSSR count). The second-order valence-electron chi connectivity index (χ2n) is 6.72. The van der Waals surface area contributed by atoms with Gasteiger partial charge in [0.1, 0.15) is 17.6 Å². The Hall–Kier alpha value is -3.44. The van der Waals surface area contributed by atoms with Crippen molar-refractivity contribution in [3.63, 3.8) is 0 Å². The number of aromatic nitrogens is 4. The van der Waals surface area contributed by atoms with Crippen LogP contribution in [0.5, 0.6) is 5.75 Å². The predicted molar refractivity (Wildman–Crippen MR) is 105 cm³/mol. The van der Waals surface area contributed by atoms with Crippen molar-refractivity contribution in [3.05, 3.63) is 47.9 Å². The zero-order valence-corrected chi connectivity index (χ0v) is 15.6. The van der Waals surface area contributed by atoms with E-state index in [1.807, 2.05) is 12.1 Å². The molecular formula is C20H21N7O. The first-order chi connectivity index (χ1) is 13.7. The molecule has 0 bridgehead atoms. The van der Waals surface area contributed by atoms with E-state index in [0.717, 1.165) is 30.0 Å². The maximum Gasteiger partial charge on any atom is 0.158 e. The van der Waals surface area contributed by atoms with E-state index >= 15 is 0 Å². The molecule has 1 aromatic carbocycles. The van der Waals surface area contributed by atoms with Crippen LogP contribution >= 0.6 is 0 Å². The normalized spacial score (nSPS) is 15.9. The number of hydrogen-bond acceptors (Lipinski definition) is 7. The molecule has 2 aromatic heterocycles. The monoisotopic (exact) mass is 375 g/mol. The molecule has 0 aliphatic carbocycles. The molecule has 142 valence electrons. The van der Waals surface area contributed by atoms with Crippen LogP contribution in [-0.4, -0.2) is 39.9 Å². The third kappa shape index (κ3) is 3.94. The lowest BCUT2D eigenvalue weighted by molar-refractivity contribution is 0.415. The van der Waals surface area contributed by atoms with Crippen molar-refractivity contribution in [1.29, 1.82) is 5.26 Å². The van der Waals surface area contributed by atoms with Gasteiger partial charge in [0.05, 0.1) is 25.2 Å². The average molecular weight is 375 g/mol. The fourth-order valence-corrected chi connectivity index (χ4v) is 3.41. The number of benzene rings is 1. The molecule has 0 amide bonds. The first-order valence-electron chi connectivity index (χ1n) is 9.20. The van der Waals surface area contributed by atoms with Crippen molar-refractivity contribution in [1.82, 2.24) is 25.5 Å². The summed E-state index contributed by atoms with van der Waals surface area (Å²) in [7, 11) is 1.68. The van der Waals surface area contributed by atoms with E-state index in [1.165, 1.54) is 30.8 Å². The third-order valence-electron chi connectivity index (χ3n) is 4.80. The van der Waals surface area contributed by atoms with Gasteiger partial charge in [0.25, 0.3) is 0 Å². The SMILES string of the molecule is COc1cc(CC2CCCN2)ccc1-c1cc(Nc2cnc(C#N)cn2)n[nH]1. The molecule has 1 aliphatic rings. The summed E-state index contributed by atoms with van der Waals surface area (Å²) in [6, 6.07) is 10.7. The fraction of sp³-hybridized carbons (Fsp3) is 0.300. The fourth-order valence-electron chi connectivity index (χ4n) is 3.41. The van der Waals surface area contributed by atoms with E-state index in [4.69, 9.17) is 10.00 Å². The van der Waals surface area contributed by atoms with Gasteiger partial charge in [-0.2, -0.15) is 10.4 Å². The van der Waals surface area contributed by atoms with Crippen LogP contribution in [0.2, 0.25) is 0 Å². The minimum atomic E-state index is 0.269. The van der Waals surface area contributed by atoms with Crippen LogP contribution in [0, 0.1) is 11.3 Å².